The second-order valence-corrected chi connectivity index (χ2v) is 5.04. The van der Waals surface area contributed by atoms with Crippen molar-refractivity contribution >= 4 is 5.97 Å². The van der Waals surface area contributed by atoms with Gasteiger partial charge in [-0.1, -0.05) is 27.7 Å². The summed E-state index contributed by atoms with van der Waals surface area (Å²) in [7, 11) is 0. The zero-order chi connectivity index (χ0) is 12.8. The lowest BCUT2D eigenvalue weighted by molar-refractivity contribution is -0.152. The first-order valence-electron chi connectivity index (χ1n) is 5.88. The van der Waals surface area contributed by atoms with E-state index in [1.54, 1.807) is 0 Å². The second-order valence-electron chi connectivity index (χ2n) is 5.04. The van der Waals surface area contributed by atoms with Crippen molar-refractivity contribution in [1.29, 1.82) is 0 Å². The maximum Gasteiger partial charge on any atom is 0.311 e. The van der Waals surface area contributed by atoms with Crippen LogP contribution in [0, 0.1) is 17.3 Å². The molecule has 0 saturated carbocycles. The Morgan fingerprint density at radius 2 is 1.94 bits per heavy atom. The van der Waals surface area contributed by atoms with E-state index in [1.165, 1.54) is 0 Å². The van der Waals surface area contributed by atoms with Crippen molar-refractivity contribution in [2.45, 2.75) is 34.1 Å². The average Bonchev–Trinajstić information content (AvgIpc) is 2.16. The molecular weight excluding hydrogens is 206 g/mol. The summed E-state index contributed by atoms with van der Waals surface area (Å²) in [6, 6.07) is 0. The van der Waals surface area contributed by atoms with E-state index < -0.39 is 11.4 Å². The highest BCUT2D eigenvalue weighted by atomic mass is 16.5. The van der Waals surface area contributed by atoms with Gasteiger partial charge in [-0.3, -0.25) is 4.79 Å². The molecule has 1 atom stereocenters. The molecule has 0 spiro atoms. The van der Waals surface area contributed by atoms with Crippen molar-refractivity contribution in [3.63, 3.8) is 0 Å². The molecule has 4 heteroatoms. The molecule has 0 aliphatic rings. The monoisotopic (exact) mass is 231 g/mol. The van der Waals surface area contributed by atoms with Gasteiger partial charge >= 0.3 is 5.97 Å². The number of ether oxygens (including phenoxy) is 1. The highest BCUT2D eigenvalue weighted by Gasteiger charge is 2.40. The fourth-order valence-electron chi connectivity index (χ4n) is 1.64. The SMILES string of the molecule is CC(C)COCCC(CN)(C(=O)O)C(C)C. The molecular formula is C12H25NO3. The van der Waals surface area contributed by atoms with Gasteiger partial charge in [0.25, 0.3) is 0 Å². The summed E-state index contributed by atoms with van der Waals surface area (Å²) < 4.78 is 5.43. The lowest BCUT2D eigenvalue weighted by atomic mass is 9.75. The molecule has 0 aliphatic carbocycles. The number of nitrogens with two attached hydrogens (primary N) is 1. The second kappa shape index (κ2) is 6.86. The van der Waals surface area contributed by atoms with Crippen molar-refractivity contribution in [1.82, 2.24) is 0 Å². The summed E-state index contributed by atoms with van der Waals surface area (Å²) in [6.45, 7) is 9.20. The molecule has 1 unspecified atom stereocenters. The van der Waals surface area contributed by atoms with Gasteiger partial charge in [0.2, 0.25) is 0 Å². The Hall–Kier alpha value is -0.610. The van der Waals surface area contributed by atoms with Crippen LogP contribution in [0.1, 0.15) is 34.1 Å². The van der Waals surface area contributed by atoms with E-state index in [9.17, 15) is 9.90 Å². The molecule has 16 heavy (non-hydrogen) atoms. The predicted molar refractivity (Wildman–Crippen MR) is 64.2 cm³/mol. The predicted octanol–water partition coefficient (Wildman–Crippen LogP) is 1.73. The average molecular weight is 231 g/mol. The summed E-state index contributed by atoms with van der Waals surface area (Å²) in [5.74, 6) is -0.341. The zero-order valence-electron chi connectivity index (χ0n) is 10.8. The highest BCUT2D eigenvalue weighted by Crippen LogP contribution is 2.30. The van der Waals surface area contributed by atoms with Crippen LogP contribution in [0.25, 0.3) is 0 Å². The standard InChI is InChI=1S/C12H25NO3/c1-9(2)7-16-6-5-12(8-13,10(3)4)11(14)15/h9-10H,5-8,13H2,1-4H3,(H,14,15). The zero-order valence-corrected chi connectivity index (χ0v) is 10.8. The van der Waals surface area contributed by atoms with Crippen LogP contribution >= 0.6 is 0 Å². The highest BCUT2D eigenvalue weighted by molar-refractivity contribution is 5.75. The van der Waals surface area contributed by atoms with Crippen molar-refractivity contribution in [2.75, 3.05) is 19.8 Å². The third-order valence-corrected chi connectivity index (χ3v) is 3.04. The van der Waals surface area contributed by atoms with Crippen molar-refractivity contribution in [2.24, 2.45) is 23.0 Å². The topological polar surface area (TPSA) is 72.5 Å². The van der Waals surface area contributed by atoms with E-state index in [0.29, 0.717) is 25.6 Å². The maximum atomic E-state index is 11.3. The molecule has 0 amide bonds. The van der Waals surface area contributed by atoms with Crippen LogP contribution in [0.4, 0.5) is 0 Å². The van der Waals surface area contributed by atoms with E-state index in [4.69, 9.17) is 10.5 Å². The molecule has 0 saturated heterocycles. The number of carboxylic acids is 1. The number of carbonyl (C=O) groups is 1. The molecule has 0 aromatic carbocycles. The number of hydrogen-bond acceptors (Lipinski definition) is 3. The van der Waals surface area contributed by atoms with E-state index in [2.05, 4.69) is 13.8 Å². The van der Waals surface area contributed by atoms with Crippen LogP contribution in [0.5, 0.6) is 0 Å². The summed E-state index contributed by atoms with van der Waals surface area (Å²) in [5, 5.41) is 9.27. The first kappa shape index (κ1) is 15.4. The molecule has 0 fully saturated rings. The molecule has 0 aromatic heterocycles. The van der Waals surface area contributed by atoms with Crippen LogP contribution in [-0.2, 0) is 9.53 Å². The first-order valence-corrected chi connectivity index (χ1v) is 5.88. The van der Waals surface area contributed by atoms with E-state index in [0.717, 1.165) is 0 Å². The van der Waals surface area contributed by atoms with Crippen molar-refractivity contribution < 1.29 is 14.6 Å². The van der Waals surface area contributed by atoms with Crippen molar-refractivity contribution in [3.05, 3.63) is 0 Å². The van der Waals surface area contributed by atoms with Crippen LogP contribution < -0.4 is 5.73 Å². The Morgan fingerprint density at radius 1 is 1.38 bits per heavy atom. The smallest absolute Gasteiger partial charge is 0.311 e. The number of hydrogen-bond donors (Lipinski definition) is 2. The van der Waals surface area contributed by atoms with E-state index >= 15 is 0 Å². The third-order valence-electron chi connectivity index (χ3n) is 3.04. The number of carboxylic acid groups (broad SMARTS) is 1. The Bertz CT molecular complexity index is 216. The molecule has 0 heterocycles. The Balaban J connectivity index is 4.28. The molecule has 0 aromatic rings. The summed E-state index contributed by atoms with van der Waals surface area (Å²) >= 11 is 0. The fraction of sp³-hybridized carbons (Fsp3) is 0.917. The van der Waals surface area contributed by atoms with Crippen LogP contribution in [-0.4, -0.2) is 30.8 Å². The molecule has 96 valence electrons. The minimum atomic E-state index is -0.850. The van der Waals surface area contributed by atoms with Gasteiger partial charge in [0.05, 0.1) is 5.41 Å². The van der Waals surface area contributed by atoms with Gasteiger partial charge in [0.15, 0.2) is 0 Å². The van der Waals surface area contributed by atoms with Gasteiger partial charge in [-0.05, 0) is 18.3 Å². The molecule has 0 bridgehead atoms. The fourth-order valence-corrected chi connectivity index (χ4v) is 1.64. The lowest BCUT2D eigenvalue weighted by Crippen LogP contribution is -2.44. The normalized spacial score (nSPS) is 15.4. The largest absolute Gasteiger partial charge is 0.481 e. The minimum absolute atomic E-state index is 0.0117. The van der Waals surface area contributed by atoms with Crippen molar-refractivity contribution in [3.8, 4) is 0 Å². The van der Waals surface area contributed by atoms with E-state index in [1.807, 2.05) is 13.8 Å². The van der Waals surface area contributed by atoms with Crippen LogP contribution in [0.3, 0.4) is 0 Å². The molecule has 0 radical (unpaired) electrons. The number of aliphatic carboxylic acids is 1. The Kier molecular flexibility index (Phi) is 6.60. The summed E-state index contributed by atoms with van der Waals surface area (Å²) in [4.78, 5) is 11.3. The number of rotatable bonds is 8. The Morgan fingerprint density at radius 3 is 2.25 bits per heavy atom. The third kappa shape index (κ3) is 4.10. The summed E-state index contributed by atoms with van der Waals surface area (Å²) in [6.07, 6.45) is 0.475. The van der Waals surface area contributed by atoms with Gasteiger partial charge in [-0.15, -0.1) is 0 Å². The molecule has 0 aliphatic heterocycles. The molecule has 4 nitrogen and oxygen atoms in total. The molecule has 3 N–H and O–H groups in total. The maximum absolute atomic E-state index is 11.3. The first-order chi connectivity index (χ1) is 7.36. The van der Waals surface area contributed by atoms with Crippen LogP contribution in [0.15, 0.2) is 0 Å². The lowest BCUT2D eigenvalue weighted by Gasteiger charge is -2.31. The van der Waals surface area contributed by atoms with Gasteiger partial charge in [0, 0.05) is 19.8 Å². The van der Waals surface area contributed by atoms with Crippen LogP contribution in [0.2, 0.25) is 0 Å². The van der Waals surface area contributed by atoms with E-state index in [-0.39, 0.29) is 12.5 Å². The van der Waals surface area contributed by atoms with Gasteiger partial charge < -0.3 is 15.6 Å². The van der Waals surface area contributed by atoms with Gasteiger partial charge in [0.1, 0.15) is 0 Å². The molecule has 0 rings (SSSR count). The Labute approximate surface area is 98.2 Å². The quantitative estimate of drug-likeness (QED) is 0.624. The minimum Gasteiger partial charge on any atom is -0.481 e. The summed E-state index contributed by atoms with van der Waals surface area (Å²) in [5.41, 5.74) is 4.77. The van der Waals surface area contributed by atoms with Gasteiger partial charge in [-0.25, -0.2) is 0 Å². The van der Waals surface area contributed by atoms with Gasteiger partial charge in [-0.2, -0.15) is 0 Å².